The summed E-state index contributed by atoms with van der Waals surface area (Å²) in [6.45, 7) is 6.05. The van der Waals surface area contributed by atoms with Gasteiger partial charge in [-0.1, -0.05) is 17.7 Å². The number of nitrogens with zero attached hydrogens (tertiary/aromatic N) is 1. The third-order valence-corrected chi connectivity index (χ3v) is 4.50. The average Bonchev–Trinajstić information content (AvgIpc) is 2.58. The predicted molar refractivity (Wildman–Crippen MR) is 106 cm³/mol. The smallest absolute Gasteiger partial charge is 0.410 e. The van der Waals surface area contributed by atoms with Gasteiger partial charge in [0.1, 0.15) is 23.3 Å². The second-order valence-electron chi connectivity index (χ2n) is 7.81. The number of hydrogen-bond acceptors (Lipinski definition) is 4. The van der Waals surface area contributed by atoms with Crippen molar-refractivity contribution >= 4 is 23.7 Å². The Labute approximate surface area is 172 Å². The number of carboxylic acid groups (broad SMARTS) is 1. The highest BCUT2D eigenvalue weighted by atomic mass is 35.5. The summed E-state index contributed by atoms with van der Waals surface area (Å²) in [5, 5.41) is 9.34. The zero-order chi connectivity index (χ0) is 21.3. The molecule has 29 heavy (non-hydrogen) atoms. The lowest BCUT2D eigenvalue weighted by Gasteiger charge is -2.39. The molecule has 0 unspecified atom stereocenters. The number of ether oxygens (including phenoxy) is 2. The highest BCUT2D eigenvalue weighted by molar-refractivity contribution is 6.31. The Bertz CT molecular complexity index is 951. The van der Waals surface area contributed by atoms with Crippen LogP contribution in [0.3, 0.4) is 0 Å². The van der Waals surface area contributed by atoms with Crippen molar-refractivity contribution in [1.82, 2.24) is 4.90 Å². The van der Waals surface area contributed by atoms with Gasteiger partial charge in [-0.25, -0.2) is 14.0 Å². The zero-order valence-electron chi connectivity index (χ0n) is 16.2. The lowest BCUT2D eigenvalue weighted by atomic mass is 10.0. The first-order chi connectivity index (χ1) is 13.5. The highest BCUT2D eigenvalue weighted by Gasteiger charge is 2.35. The third-order valence-electron chi connectivity index (χ3n) is 4.21. The molecule has 8 heteroatoms. The maximum absolute atomic E-state index is 13.4. The van der Waals surface area contributed by atoms with Gasteiger partial charge >= 0.3 is 12.1 Å². The molecule has 1 saturated heterocycles. The number of carbonyl (C=O) groups excluding carboxylic acids is 1. The van der Waals surface area contributed by atoms with Gasteiger partial charge in [-0.15, -0.1) is 0 Å². The van der Waals surface area contributed by atoms with E-state index < -0.39 is 23.5 Å². The van der Waals surface area contributed by atoms with Crippen molar-refractivity contribution in [3.05, 3.63) is 52.8 Å². The molecule has 3 rings (SSSR count). The highest BCUT2D eigenvalue weighted by Crippen LogP contribution is 2.30. The van der Waals surface area contributed by atoms with E-state index in [2.05, 4.69) is 0 Å². The minimum Gasteiger partial charge on any atom is -0.487 e. The van der Waals surface area contributed by atoms with Gasteiger partial charge in [0, 0.05) is 0 Å². The lowest BCUT2D eigenvalue weighted by molar-refractivity contribution is -0.0221. The van der Waals surface area contributed by atoms with Crippen LogP contribution in [0.25, 0.3) is 11.1 Å². The molecule has 0 aromatic heterocycles. The first kappa shape index (κ1) is 20.9. The van der Waals surface area contributed by atoms with E-state index in [1.807, 2.05) is 0 Å². The minimum atomic E-state index is -1.12. The Morgan fingerprint density at radius 1 is 1.14 bits per heavy atom. The fourth-order valence-electron chi connectivity index (χ4n) is 2.81. The zero-order valence-corrected chi connectivity index (χ0v) is 17.0. The van der Waals surface area contributed by atoms with Crippen LogP contribution >= 0.6 is 11.6 Å². The summed E-state index contributed by atoms with van der Waals surface area (Å²) in [6, 6.07) is 8.69. The second kappa shape index (κ2) is 7.91. The van der Waals surface area contributed by atoms with Gasteiger partial charge in [0.2, 0.25) is 0 Å². The van der Waals surface area contributed by atoms with Crippen LogP contribution in [0.1, 0.15) is 31.1 Å². The van der Waals surface area contributed by atoms with Crippen molar-refractivity contribution in [1.29, 1.82) is 0 Å². The van der Waals surface area contributed by atoms with E-state index in [0.717, 1.165) is 0 Å². The molecule has 1 N–H and O–H groups in total. The maximum atomic E-state index is 13.4. The van der Waals surface area contributed by atoms with E-state index in [1.54, 1.807) is 26.8 Å². The Morgan fingerprint density at radius 2 is 1.83 bits per heavy atom. The molecule has 1 aliphatic heterocycles. The van der Waals surface area contributed by atoms with E-state index in [9.17, 15) is 19.1 Å². The third kappa shape index (κ3) is 5.17. The molecule has 0 aliphatic carbocycles. The van der Waals surface area contributed by atoms with Crippen molar-refractivity contribution in [2.45, 2.75) is 32.5 Å². The van der Waals surface area contributed by atoms with Gasteiger partial charge in [-0.05, 0) is 62.2 Å². The van der Waals surface area contributed by atoms with Crippen molar-refractivity contribution < 1.29 is 28.6 Å². The van der Waals surface area contributed by atoms with Crippen LogP contribution in [0.15, 0.2) is 36.4 Å². The molecular weight excluding hydrogens is 401 g/mol. The van der Waals surface area contributed by atoms with E-state index in [1.165, 1.54) is 35.2 Å². The van der Waals surface area contributed by atoms with Gasteiger partial charge in [0.25, 0.3) is 0 Å². The van der Waals surface area contributed by atoms with Gasteiger partial charge < -0.3 is 19.5 Å². The summed E-state index contributed by atoms with van der Waals surface area (Å²) in [5.74, 6) is -1.33. The van der Waals surface area contributed by atoms with Crippen LogP contribution < -0.4 is 4.74 Å². The summed E-state index contributed by atoms with van der Waals surface area (Å²) < 4.78 is 24.6. The number of carboxylic acids is 1. The first-order valence-corrected chi connectivity index (χ1v) is 9.38. The summed E-state index contributed by atoms with van der Waals surface area (Å²) in [7, 11) is 0. The summed E-state index contributed by atoms with van der Waals surface area (Å²) >= 11 is 5.84. The molecule has 0 radical (unpaired) electrons. The molecule has 6 nitrogen and oxygen atoms in total. The summed E-state index contributed by atoms with van der Waals surface area (Å²) in [5.41, 5.74) is 0.546. The van der Waals surface area contributed by atoms with E-state index in [4.69, 9.17) is 21.1 Å². The van der Waals surface area contributed by atoms with E-state index in [0.29, 0.717) is 30.0 Å². The molecule has 2 aromatic rings. The quantitative estimate of drug-likeness (QED) is 0.764. The van der Waals surface area contributed by atoms with Crippen LogP contribution in [-0.4, -0.2) is 46.9 Å². The SMILES string of the molecule is CC(C)(C)OC(=O)N1CC(Oc2cc(C(=O)O)cc(-c3ccc(F)c(Cl)c3)c2)C1. The number of likely N-dealkylation sites (tertiary alicyclic amines) is 1. The number of rotatable bonds is 4. The summed E-state index contributed by atoms with van der Waals surface area (Å²) in [4.78, 5) is 25.0. The molecule has 0 bridgehead atoms. The average molecular weight is 422 g/mol. The van der Waals surface area contributed by atoms with Crippen molar-refractivity contribution in [2.24, 2.45) is 0 Å². The van der Waals surface area contributed by atoms with Gasteiger partial charge in [-0.3, -0.25) is 0 Å². The van der Waals surface area contributed by atoms with Crippen LogP contribution in [0.4, 0.5) is 9.18 Å². The van der Waals surface area contributed by atoms with Gasteiger partial charge in [0.15, 0.2) is 0 Å². The van der Waals surface area contributed by atoms with E-state index in [-0.39, 0.29) is 16.7 Å². The Hall–Kier alpha value is -2.80. The molecule has 1 aliphatic rings. The fraction of sp³-hybridized carbons (Fsp3) is 0.333. The number of carbonyl (C=O) groups is 2. The monoisotopic (exact) mass is 421 g/mol. The molecule has 0 saturated carbocycles. The van der Waals surface area contributed by atoms with Crippen LogP contribution in [0.5, 0.6) is 5.75 Å². The van der Waals surface area contributed by atoms with Gasteiger partial charge in [-0.2, -0.15) is 0 Å². The Kier molecular flexibility index (Phi) is 5.71. The van der Waals surface area contributed by atoms with Crippen LogP contribution in [0, 0.1) is 5.82 Å². The Morgan fingerprint density at radius 3 is 2.41 bits per heavy atom. The van der Waals surface area contributed by atoms with E-state index >= 15 is 0 Å². The second-order valence-corrected chi connectivity index (χ2v) is 8.21. The number of hydrogen-bond donors (Lipinski definition) is 1. The molecule has 0 spiro atoms. The molecule has 1 heterocycles. The van der Waals surface area contributed by atoms with Crippen LogP contribution in [0.2, 0.25) is 5.02 Å². The number of aromatic carboxylic acids is 1. The first-order valence-electron chi connectivity index (χ1n) is 9.00. The molecular formula is C21H21ClFNO5. The molecule has 1 fully saturated rings. The minimum absolute atomic E-state index is 0.0290. The maximum Gasteiger partial charge on any atom is 0.410 e. The van der Waals surface area contributed by atoms with Crippen molar-refractivity contribution in [2.75, 3.05) is 13.1 Å². The standard InChI is InChI=1S/C21H21ClFNO5/c1-21(2,3)29-20(27)24-10-16(11-24)28-15-7-13(6-14(8-15)19(25)26)12-4-5-18(23)17(22)9-12/h4-9,16H,10-11H2,1-3H3,(H,25,26). The van der Waals surface area contributed by atoms with Crippen molar-refractivity contribution in [3.8, 4) is 16.9 Å². The number of halogens is 2. The molecule has 1 amide bonds. The fourth-order valence-corrected chi connectivity index (χ4v) is 2.99. The topological polar surface area (TPSA) is 76.1 Å². The number of benzene rings is 2. The largest absolute Gasteiger partial charge is 0.487 e. The number of amides is 1. The van der Waals surface area contributed by atoms with Gasteiger partial charge in [0.05, 0.1) is 23.7 Å². The van der Waals surface area contributed by atoms with Crippen LogP contribution in [-0.2, 0) is 4.74 Å². The van der Waals surface area contributed by atoms with Crippen molar-refractivity contribution in [3.63, 3.8) is 0 Å². The molecule has 154 valence electrons. The predicted octanol–water partition coefficient (Wildman–Crippen LogP) is 4.84. The molecule has 0 atom stereocenters. The lowest BCUT2D eigenvalue weighted by Crippen LogP contribution is -2.57. The normalized spacial score (nSPS) is 14.3. The summed E-state index contributed by atoms with van der Waals surface area (Å²) in [6.07, 6.45) is -0.700. The molecule has 2 aromatic carbocycles. The Balaban J connectivity index is 1.75.